The molecule has 14 heteroatoms. The van der Waals surface area contributed by atoms with E-state index in [-0.39, 0.29) is 60.7 Å². The third-order valence-corrected chi connectivity index (χ3v) is 16.6. The van der Waals surface area contributed by atoms with E-state index in [2.05, 4.69) is 31.4 Å². The number of ether oxygens (including phenoxy) is 1. The number of nitrogens with one attached hydrogen (secondary N) is 2. The lowest BCUT2D eigenvalue weighted by molar-refractivity contribution is -0.144. The Morgan fingerprint density at radius 3 is 2.19 bits per heavy atom. The highest BCUT2D eigenvalue weighted by Crippen LogP contribution is 2.40. The molecule has 3 N–H and O–H groups in total. The van der Waals surface area contributed by atoms with Crippen molar-refractivity contribution >= 4 is 32.1 Å². The van der Waals surface area contributed by atoms with Crippen molar-refractivity contribution in [3.63, 3.8) is 0 Å². The highest BCUT2D eigenvalue weighted by atomic mass is 28.4. The van der Waals surface area contributed by atoms with E-state index in [1.807, 2.05) is 57.3 Å². The number of β-amino-alcohol motifs (C(OH)–C–C–N with tert-alkyl or cyclic N) is 1. The summed E-state index contributed by atoms with van der Waals surface area (Å²) in [4.78, 5) is 59.1. The molecule has 2 aromatic rings. The van der Waals surface area contributed by atoms with E-state index in [0.29, 0.717) is 19.3 Å². The number of aliphatic hydroxyl groups is 1. The average Bonchev–Trinajstić information content (AvgIpc) is 3.65. The summed E-state index contributed by atoms with van der Waals surface area (Å²) in [5, 5.41) is 16.9. The third kappa shape index (κ3) is 11.4. The monoisotopic (exact) mass is 828 g/mol. The quantitative estimate of drug-likeness (QED) is 0.166. The van der Waals surface area contributed by atoms with Gasteiger partial charge in [0.15, 0.2) is 8.32 Å². The zero-order valence-corrected chi connectivity index (χ0v) is 37.3. The van der Waals surface area contributed by atoms with E-state index < -0.39 is 73.4 Å². The molecule has 2 aliphatic heterocycles. The molecule has 2 aromatic carbocycles. The second-order valence-electron chi connectivity index (χ2n) is 18.8. The molecule has 2 saturated heterocycles. The van der Waals surface area contributed by atoms with Crippen molar-refractivity contribution < 1.29 is 42.2 Å². The SMILES string of the molecule is CC[C@@H](C)[C@@]1(NC(C)=O)CCN([C@@H](CCc2ccccc2)C(=O)N[C@@H](Cc2cc(F)cc(F)c2)[C@H](O[Si](C)(C)C(C)(C)C)C2CC(O)CN2C(=O)OC(C)(C)C)C1=O. The first-order valence-corrected chi connectivity index (χ1v) is 23.5. The molecule has 2 heterocycles. The van der Waals surface area contributed by atoms with Crippen LogP contribution < -0.4 is 10.6 Å². The molecular formula is C44H66F2N4O7Si. The Bertz CT molecular complexity index is 1750. The van der Waals surface area contributed by atoms with Gasteiger partial charge in [-0.25, -0.2) is 13.6 Å². The van der Waals surface area contributed by atoms with E-state index in [9.17, 15) is 28.3 Å². The lowest BCUT2D eigenvalue weighted by Crippen LogP contribution is -2.63. The van der Waals surface area contributed by atoms with E-state index in [1.165, 1.54) is 24.0 Å². The minimum absolute atomic E-state index is 0.0466. The number of hydrogen-bond acceptors (Lipinski definition) is 7. The zero-order chi connectivity index (χ0) is 43.4. The van der Waals surface area contributed by atoms with Gasteiger partial charge < -0.3 is 29.8 Å². The molecular weight excluding hydrogens is 763 g/mol. The Kier molecular flexibility index (Phi) is 15.0. The molecule has 2 unspecified atom stereocenters. The fourth-order valence-electron chi connectivity index (χ4n) is 7.94. The van der Waals surface area contributed by atoms with E-state index in [0.717, 1.165) is 11.6 Å². The lowest BCUT2D eigenvalue weighted by atomic mass is 9.81. The van der Waals surface area contributed by atoms with Crippen LogP contribution in [0.3, 0.4) is 0 Å². The molecule has 0 aliphatic carbocycles. The molecule has 322 valence electrons. The van der Waals surface area contributed by atoms with Crippen molar-refractivity contribution in [2.45, 2.75) is 160 Å². The van der Waals surface area contributed by atoms with Gasteiger partial charge in [-0.2, -0.15) is 0 Å². The Hall–Kier alpha value is -3.88. The van der Waals surface area contributed by atoms with Gasteiger partial charge in [-0.3, -0.25) is 19.3 Å². The molecule has 0 radical (unpaired) electrons. The summed E-state index contributed by atoms with van der Waals surface area (Å²) in [6, 6.07) is 9.95. The highest BCUT2D eigenvalue weighted by molar-refractivity contribution is 6.74. The molecule has 7 atom stereocenters. The van der Waals surface area contributed by atoms with Gasteiger partial charge in [0, 0.05) is 19.5 Å². The Morgan fingerprint density at radius 1 is 1.02 bits per heavy atom. The van der Waals surface area contributed by atoms with E-state index in [1.54, 1.807) is 25.7 Å². The van der Waals surface area contributed by atoms with Crippen LogP contribution in [0.5, 0.6) is 0 Å². The van der Waals surface area contributed by atoms with Crippen LogP contribution in [0.1, 0.15) is 99.1 Å². The van der Waals surface area contributed by atoms with Crippen molar-refractivity contribution in [1.82, 2.24) is 20.4 Å². The minimum Gasteiger partial charge on any atom is -0.444 e. The fourth-order valence-corrected chi connectivity index (χ4v) is 9.29. The predicted molar refractivity (Wildman–Crippen MR) is 222 cm³/mol. The molecule has 0 bridgehead atoms. The predicted octanol–water partition coefficient (Wildman–Crippen LogP) is 6.91. The topological polar surface area (TPSA) is 138 Å². The van der Waals surface area contributed by atoms with Gasteiger partial charge in [0.05, 0.1) is 30.8 Å². The number of aliphatic hydroxyl groups excluding tert-OH is 1. The van der Waals surface area contributed by atoms with Crippen LogP contribution in [0.2, 0.25) is 18.1 Å². The fraction of sp³-hybridized carbons (Fsp3) is 0.636. The molecule has 58 heavy (non-hydrogen) atoms. The van der Waals surface area contributed by atoms with Crippen molar-refractivity contribution in [2.75, 3.05) is 13.1 Å². The highest BCUT2D eigenvalue weighted by Gasteiger charge is 2.54. The Balaban J connectivity index is 1.86. The number of amides is 4. The molecule has 11 nitrogen and oxygen atoms in total. The third-order valence-electron chi connectivity index (χ3n) is 12.1. The molecule has 2 fully saturated rings. The number of carbonyl (C=O) groups excluding carboxylic acids is 4. The van der Waals surface area contributed by atoms with E-state index in [4.69, 9.17) is 9.16 Å². The second-order valence-corrected chi connectivity index (χ2v) is 23.5. The largest absolute Gasteiger partial charge is 0.444 e. The molecule has 0 aromatic heterocycles. The Morgan fingerprint density at radius 2 is 1.64 bits per heavy atom. The first kappa shape index (κ1) is 46.8. The number of aryl methyl sites for hydroxylation is 1. The van der Waals surface area contributed by atoms with Crippen molar-refractivity contribution in [1.29, 1.82) is 0 Å². The van der Waals surface area contributed by atoms with Gasteiger partial charge in [0.2, 0.25) is 17.7 Å². The summed E-state index contributed by atoms with van der Waals surface area (Å²) in [5.74, 6) is -3.02. The summed E-state index contributed by atoms with van der Waals surface area (Å²) in [6.45, 7) is 20.9. The van der Waals surface area contributed by atoms with Crippen molar-refractivity contribution in [3.05, 3.63) is 71.3 Å². The summed E-state index contributed by atoms with van der Waals surface area (Å²) in [6.07, 6.45) is -0.983. The van der Waals surface area contributed by atoms with Crippen LogP contribution in [-0.4, -0.2) is 102 Å². The van der Waals surface area contributed by atoms with Crippen molar-refractivity contribution in [2.24, 2.45) is 5.92 Å². The van der Waals surface area contributed by atoms with Gasteiger partial charge in [0.1, 0.15) is 28.8 Å². The standard InChI is InChI=1S/C44H66F2N4O7Si/c1-12-28(2)44(48-29(3)51)20-21-49(40(44)54)36(19-18-30-16-14-13-15-17-30)39(53)47-35(24-31-22-32(45)25-33(46)23-31)38(57-58(10,11)43(7,8)9)37-26-34(52)27-50(37)41(55)56-42(4,5)6/h13-17,22-23,25,28,34-38,52H,12,18-21,24,26-27H2,1-11H3,(H,47,53)(H,48,51)/t28-,34?,35+,36+,37?,38+,44+/m1/s1. The molecule has 0 saturated carbocycles. The van der Waals surface area contributed by atoms with Gasteiger partial charge in [-0.15, -0.1) is 0 Å². The van der Waals surface area contributed by atoms with Gasteiger partial charge in [-0.1, -0.05) is 71.4 Å². The van der Waals surface area contributed by atoms with Gasteiger partial charge in [0.25, 0.3) is 0 Å². The van der Waals surface area contributed by atoms with Crippen LogP contribution in [0.15, 0.2) is 48.5 Å². The number of hydrogen-bond donors (Lipinski definition) is 3. The van der Waals surface area contributed by atoms with E-state index >= 15 is 4.79 Å². The second kappa shape index (κ2) is 18.6. The number of carbonyl (C=O) groups is 4. The maximum Gasteiger partial charge on any atom is 0.410 e. The van der Waals surface area contributed by atoms with Gasteiger partial charge in [-0.05, 0) is 100 Å². The lowest BCUT2D eigenvalue weighted by Gasteiger charge is -2.45. The number of benzene rings is 2. The smallest absolute Gasteiger partial charge is 0.410 e. The van der Waals surface area contributed by atoms with Crippen molar-refractivity contribution in [3.8, 4) is 0 Å². The summed E-state index contributed by atoms with van der Waals surface area (Å²) in [5.41, 5.74) is -0.853. The number of nitrogens with zero attached hydrogens (tertiary/aromatic N) is 2. The summed E-state index contributed by atoms with van der Waals surface area (Å²) in [7, 11) is -2.76. The van der Waals surface area contributed by atoms with Crippen LogP contribution >= 0.6 is 0 Å². The number of rotatable bonds is 15. The van der Waals surface area contributed by atoms with Crippen LogP contribution in [0.4, 0.5) is 13.6 Å². The molecule has 2 aliphatic rings. The number of halogens is 2. The number of likely N-dealkylation sites (tertiary alicyclic amines) is 2. The maximum absolute atomic E-state index is 15.1. The summed E-state index contributed by atoms with van der Waals surface area (Å²) < 4.78 is 42.6. The maximum atomic E-state index is 15.1. The minimum atomic E-state index is -2.76. The first-order chi connectivity index (χ1) is 26.9. The van der Waals surface area contributed by atoms with Crippen LogP contribution in [0.25, 0.3) is 0 Å². The zero-order valence-electron chi connectivity index (χ0n) is 36.3. The average molecular weight is 829 g/mol. The summed E-state index contributed by atoms with van der Waals surface area (Å²) >= 11 is 0. The molecule has 4 amide bonds. The van der Waals surface area contributed by atoms with Gasteiger partial charge >= 0.3 is 6.09 Å². The normalized spacial score (nSPS) is 22.3. The molecule has 4 rings (SSSR count). The van der Waals surface area contributed by atoms with Crippen LogP contribution in [0, 0.1) is 17.6 Å². The Labute approximate surface area is 344 Å². The molecule has 0 spiro atoms. The van der Waals surface area contributed by atoms with Crippen LogP contribution in [-0.2, 0) is 36.4 Å². The first-order valence-electron chi connectivity index (χ1n) is 20.6.